The predicted octanol–water partition coefficient (Wildman–Crippen LogP) is 4.59. The van der Waals surface area contributed by atoms with Gasteiger partial charge in [0.15, 0.2) is 0 Å². The summed E-state index contributed by atoms with van der Waals surface area (Å²) in [6.07, 6.45) is 9.15. The van der Waals surface area contributed by atoms with Crippen molar-refractivity contribution in [2.24, 2.45) is 5.41 Å². The van der Waals surface area contributed by atoms with Crippen LogP contribution in [0, 0.1) is 5.41 Å². The zero-order valence-corrected chi connectivity index (χ0v) is 18.9. The SMILES string of the molecule is CC(C)(C)c1nc(-c2ccc(C(=O)N3CC4(CC(n5cc(C6CC6)cn5)C4)C3)cc2)no1. The molecule has 7 heteroatoms. The highest BCUT2D eigenvalue weighted by Crippen LogP contribution is 2.54. The Bertz CT molecular complexity index is 1150. The van der Waals surface area contributed by atoms with Crippen molar-refractivity contribution >= 4 is 5.91 Å². The molecule has 1 aromatic carbocycles. The first-order chi connectivity index (χ1) is 15.3. The van der Waals surface area contributed by atoms with Crippen LogP contribution in [0.4, 0.5) is 0 Å². The number of hydrogen-bond acceptors (Lipinski definition) is 5. The van der Waals surface area contributed by atoms with Crippen LogP contribution in [0.5, 0.6) is 0 Å². The Labute approximate surface area is 187 Å². The van der Waals surface area contributed by atoms with E-state index in [-0.39, 0.29) is 11.3 Å². The van der Waals surface area contributed by atoms with Crippen molar-refractivity contribution in [2.75, 3.05) is 13.1 Å². The number of carbonyl (C=O) groups excluding carboxylic acids is 1. The highest BCUT2D eigenvalue weighted by molar-refractivity contribution is 5.95. The molecular formula is C25H29N5O2. The van der Waals surface area contributed by atoms with Gasteiger partial charge < -0.3 is 9.42 Å². The molecule has 3 heterocycles. The van der Waals surface area contributed by atoms with Crippen molar-refractivity contribution in [3.63, 3.8) is 0 Å². The van der Waals surface area contributed by atoms with Gasteiger partial charge in [-0.1, -0.05) is 38.1 Å². The number of rotatable bonds is 4. The Kier molecular flexibility index (Phi) is 4.17. The maximum atomic E-state index is 12.9. The topological polar surface area (TPSA) is 77.1 Å². The van der Waals surface area contributed by atoms with E-state index in [0.29, 0.717) is 28.7 Å². The smallest absolute Gasteiger partial charge is 0.253 e. The lowest BCUT2D eigenvalue weighted by molar-refractivity contribution is -0.0738. The van der Waals surface area contributed by atoms with Crippen LogP contribution in [0.1, 0.15) is 80.2 Å². The lowest BCUT2D eigenvalue weighted by Gasteiger charge is -2.58. The fourth-order valence-corrected chi connectivity index (χ4v) is 5.06. The maximum Gasteiger partial charge on any atom is 0.253 e. The van der Waals surface area contributed by atoms with Crippen LogP contribution in [0.25, 0.3) is 11.4 Å². The van der Waals surface area contributed by atoms with Gasteiger partial charge in [-0.15, -0.1) is 0 Å². The molecule has 3 aliphatic rings. The monoisotopic (exact) mass is 431 g/mol. The maximum absolute atomic E-state index is 12.9. The summed E-state index contributed by atoms with van der Waals surface area (Å²) >= 11 is 0. The number of likely N-dealkylation sites (tertiary alicyclic amines) is 1. The number of amides is 1. The Balaban J connectivity index is 1.05. The summed E-state index contributed by atoms with van der Waals surface area (Å²) in [7, 11) is 0. The van der Waals surface area contributed by atoms with Crippen molar-refractivity contribution in [3.05, 3.63) is 53.7 Å². The molecule has 0 N–H and O–H groups in total. The van der Waals surface area contributed by atoms with Crippen LogP contribution in [-0.4, -0.2) is 43.8 Å². The molecule has 7 nitrogen and oxygen atoms in total. The molecule has 1 spiro atoms. The highest BCUT2D eigenvalue weighted by atomic mass is 16.5. The van der Waals surface area contributed by atoms with Gasteiger partial charge >= 0.3 is 0 Å². The van der Waals surface area contributed by atoms with Crippen LogP contribution < -0.4 is 0 Å². The average molecular weight is 432 g/mol. The number of carbonyl (C=O) groups is 1. The zero-order valence-electron chi connectivity index (χ0n) is 18.9. The van der Waals surface area contributed by atoms with Gasteiger partial charge in [-0.2, -0.15) is 10.1 Å². The van der Waals surface area contributed by atoms with E-state index >= 15 is 0 Å². The lowest BCUT2D eigenvalue weighted by atomic mass is 9.60. The summed E-state index contributed by atoms with van der Waals surface area (Å²) < 4.78 is 7.54. The van der Waals surface area contributed by atoms with Crippen molar-refractivity contribution in [1.82, 2.24) is 24.8 Å². The second-order valence-corrected chi connectivity index (χ2v) is 11.0. The summed E-state index contributed by atoms with van der Waals surface area (Å²) in [5.41, 5.74) is 3.06. The van der Waals surface area contributed by atoms with Gasteiger partial charge in [0.05, 0.1) is 12.2 Å². The van der Waals surface area contributed by atoms with E-state index in [0.717, 1.165) is 37.4 Å². The van der Waals surface area contributed by atoms with E-state index in [1.165, 1.54) is 18.4 Å². The Hall–Kier alpha value is -2.96. The molecule has 0 unspecified atom stereocenters. The van der Waals surface area contributed by atoms with E-state index in [2.05, 4.69) is 26.1 Å². The Morgan fingerprint density at radius 1 is 1.12 bits per heavy atom. The van der Waals surface area contributed by atoms with Gasteiger partial charge in [-0.25, -0.2) is 0 Å². The minimum Gasteiger partial charge on any atom is -0.338 e. The molecule has 32 heavy (non-hydrogen) atoms. The standard InChI is InChI=1S/C25H29N5O2/c1-24(2,3)23-27-21(28-32-23)17-6-8-18(9-7-17)22(31)29-14-25(15-29)10-20(11-25)30-13-19(12-26-30)16-4-5-16/h6-9,12-13,16,20H,4-5,10-11,14-15H2,1-3H3. The first kappa shape index (κ1) is 19.7. The van der Waals surface area contributed by atoms with Gasteiger partial charge in [-0.05, 0) is 49.3 Å². The minimum atomic E-state index is -0.188. The largest absolute Gasteiger partial charge is 0.338 e. The van der Waals surface area contributed by atoms with Gasteiger partial charge in [0, 0.05) is 41.2 Å². The number of hydrogen-bond donors (Lipinski definition) is 0. The van der Waals surface area contributed by atoms with Crippen LogP contribution in [0.3, 0.4) is 0 Å². The fraction of sp³-hybridized carbons (Fsp3) is 0.520. The van der Waals surface area contributed by atoms with Crippen LogP contribution in [0.15, 0.2) is 41.2 Å². The molecule has 2 aromatic heterocycles. The number of aromatic nitrogens is 4. The average Bonchev–Trinajstić information content (AvgIpc) is 3.22. The van der Waals surface area contributed by atoms with E-state index in [1.807, 2.05) is 56.1 Å². The van der Waals surface area contributed by atoms with Gasteiger partial charge in [0.2, 0.25) is 11.7 Å². The Morgan fingerprint density at radius 2 is 1.84 bits per heavy atom. The molecule has 2 aliphatic carbocycles. The predicted molar refractivity (Wildman–Crippen MR) is 119 cm³/mol. The second-order valence-electron chi connectivity index (χ2n) is 11.0. The highest BCUT2D eigenvalue weighted by Gasteiger charge is 2.54. The van der Waals surface area contributed by atoms with Gasteiger partial charge in [-0.3, -0.25) is 9.48 Å². The Morgan fingerprint density at radius 3 is 2.47 bits per heavy atom. The summed E-state index contributed by atoms with van der Waals surface area (Å²) in [4.78, 5) is 19.4. The van der Waals surface area contributed by atoms with Crippen molar-refractivity contribution in [3.8, 4) is 11.4 Å². The molecule has 0 atom stereocenters. The molecule has 166 valence electrons. The molecular weight excluding hydrogens is 402 g/mol. The summed E-state index contributed by atoms with van der Waals surface area (Å²) in [5.74, 6) is 2.02. The quantitative estimate of drug-likeness (QED) is 0.604. The molecule has 2 saturated carbocycles. The molecule has 3 fully saturated rings. The van der Waals surface area contributed by atoms with E-state index < -0.39 is 0 Å². The summed E-state index contributed by atoms with van der Waals surface area (Å²) in [6.45, 7) is 7.81. The molecule has 1 aliphatic heterocycles. The first-order valence-corrected chi connectivity index (χ1v) is 11.6. The van der Waals surface area contributed by atoms with E-state index in [4.69, 9.17) is 4.52 Å². The van der Waals surface area contributed by atoms with E-state index in [9.17, 15) is 4.79 Å². The molecule has 1 saturated heterocycles. The normalized spacial score (nSPS) is 20.3. The minimum absolute atomic E-state index is 0.101. The molecule has 6 rings (SSSR count). The third-order valence-electron chi connectivity index (χ3n) is 7.18. The number of benzene rings is 1. The lowest BCUT2D eigenvalue weighted by Crippen LogP contribution is -2.63. The van der Waals surface area contributed by atoms with Crippen LogP contribution in [0.2, 0.25) is 0 Å². The fourth-order valence-electron chi connectivity index (χ4n) is 5.06. The molecule has 3 aromatic rings. The third-order valence-corrected chi connectivity index (χ3v) is 7.18. The second kappa shape index (κ2) is 6.77. The van der Waals surface area contributed by atoms with Crippen molar-refractivity contribution in [2.45, 2.75) is 63.8 Å². The zero-order chi connectivity index (χ0) is 22.1. The molecule has 0 radical (unpaired) electrons. The van der Waals surface area contributed by atoms with Crippen LogP contribution >= 0.6 is 0 Å². The van der Waals surface area contributed by atoms with E-state index in [1.54, 1.807) is 0 Å². The molecule has 1 amide bonds. The number of nitrogens with zero attached hydrogens (tertiary/aromatic N) is 5. The summed E-state index contributed by atoms with van der Waals surface area (Å²) in [6, 6.07) is 8.01. The van der Waals surface area contributed by atoms with Crippen LogP contribution in [-0.2, 0) is 5.41 Å². The molecule has 0 bridgehead atoms. The third kappa shape index (κ3) is 3.34. The van der Waals surface area contributed by atoms with Crippen molar-refractivity contribution < 1.29 is 9.32 Å². The van der Waals surface area contributed by atoms with Crippen molar-refractivity contribution in [1.29, 1.82) is 0 Å². The summed E-state index contributed by atoms with van der Waals surface area (Å²) in [5, 5.41) is 8.68. The van der Waals surface area contributed by atoms with Gasteiger partial charge in [0.1, 0.15) is 0 Å². The first-order valence-electron chi connectivity index (χ1n) is 11.6. The van der Waals surface area contributed by atoms with Gasteiger partial charge in [0.25, 0.3) is 5.91 Å².